The van der Waals surface area contributed by atoms with Crippen molar-refractivity contribution in [3.05, 3.63) is 12.3 Å². The Labute approximate surface area is 120 Å². The molecule has 0 aliphatic carbocycles. The smallest absolute Gasteiger partial charge is 0.322 e. The monoisotopic (exact) mass is 292 g/mol. The van der Waals surface area contributed by atoms with Crippen molar-refractivity contribution in [3.63, 3.8) is 0 Å². The fraction of sp³-hybridized carbons (Fsp3) is 0.500. The number of nitrogens with zero attached hydrogens (tertiary/aromatic N) is 3. The van der Waals surface area contributed by atoms with E-state index < -0.39 is 11.6 Å². The zero-order valence-corrected chi connectivity index (χ0v) is 11.3. The Bertz CT molecular complexity index is 602. The number of nitrogens with two attached hydrogens (primary N) is 1. The summed E-state index contributed by atoms with van der Waals surface area (Å²) in [6.07, 6.45) is 2.47. The molecule has 0 unspecified atom stereocenters. The molecular formula is C12H16N6O3. The maximum atomic E-state index is 12.2. The molecule has 0 bridgehead atoms. The first-order valence-corrected chi connectivity index (χ1v) is 6.69. The van der Waals surface area contributed by atoms with Gasteiger partial charge >= 0.3 is 6.03 Å². The average Bonchev–Trinajstić information content (AvgIpc) is 2.95. The van der Waals surface area contributed by atoms with E-state index in [0.717, 1.165) is 0 Å². The minimum absolute atomic E-state index is 0.0855. The first-order valence-electron chi connectivity index (χ1n) is 6.69. The maximum Gasteiger partial charge on any atom is 0.322 e. The minimum atomic E-state index is -0.857. The van der Waals surface area contributed by atoms with Gasteiger partial charge in [0.1, 0.15) is 17.9 Å². The van der Waals surface area contributed by atoms with Crippen molar-refractivity contribution in [2.75, 3.05) is 18.8 Å². The molecule has 0 aromatic carbocycles. The third-order valence-corrected chi connectivity index (χ3v) is 3.94. The number of imide groups is 1. The van der Waals surface area contributed by atoms with Crippen LogP contribution in [0.2, 0.25) is 0 Å². The fourth-order valence-electron chi connectivity index (χ4n) is 2.72. The van der Waals surface area contributed by atoms with Crippen LogP contribution in [-0.4, -0.2) is 51.2 Å². The highest BCUT2D eigenvalue weighted by Gasteiger charge is 2.48. The summed E-state index contributed by atoms with van der Waals surface area (Å²) < 4.78 is 1.48. The number of hydrogen-bond acceptors (Lipinski definition) is 5. The maximum absolute atomic E-state index is 12.2. The summed E-state index contributed by atoms with van der Waals surface area (Å²) in [6.45, 7) is 0.954. The zero-order chi connectivity index (χ0) is 15.0. The van der Waals surface area contributed by atoms with Crippen LogP contribution in [0, 0.1) is 0 Å². The molecule has 4 amide bonds. The van der Waals surface area contributed by atoms with Crippen LogP contribution < -0.4 is 16.4 Å². The number of anilines is 1. The van der Waals surface area contributed by atoms with Crippen LogP contribution in [0.15, 0.2) is 12.3 Å². The third kappa shape index (κ3) is 2.41. The van der Waals surface area contributed by atoms with Gasteiger partial charge in [0.25, 0.3) is 5.91 Å². The van der Waals surface area contributed by atoms with Crippen molar-refractivity contribution in [2.24, 2.45) is 0 Å². The molecule has 21 heavy (non-hydrogen) atoms. The zero-order valence-electron chi connectivity index (χ0n) is 11.3. The fourth-order valence-corrected chi connectivity index (χ4v) is 2.72. The quantitative estimate of drug-likeness (QED) is 0.583. The van der Waals surface area contributed by atoms with Crippen LogP contribution in [0.25, 0.3) is 0 Å². The van der Waals surface area contributed by atoms with Crippen LogP contribution in [-0.2, 0) is 16.1 Å². The molecule has 9 heteroatoms. The average molecular weight is 292 g/mol. The lowest BCUT2D eigenvalue weighted by molar-refractivity contribution is -0.136. The Morgan fingerprint density at radius 2 is 2.10 bits per heavy atom. The predicted molar refractivity (Wildman–Crippen MR) is 71.9 cm³/mol. The normalized spacial score (nSPS) is 20.5. The first kappa shape index (κ1) is 13.4. The van der Waals surface area contributed by atoms with Gasteiger partial charge in [-0.1, -0.05) is 0 Å². The predicted octanol–water partition coefficient (Wildman–Crippen LogP) is -1.33. The molecule has 1 aromatic rings. The van der Waals surface area contributed by atoms with Gasteiger partial charge in [-0.15, -0.1) is 0 Å². The van der Waals surface area contributed by atoms with Crippen LogP contribution in [0.4, 0.5) is 10.6 Å². The largest absolute Gasteiger partial charge is 0.382 e. The molecule has 2 saturated heterocycles. The number of rotatable bonds is 2. The van der Waals surface area contributed by atoms with Crippen LogP contribution in [0.3, 0.4) is 0 Å². The van der Waals surface area contributed by atoms with Crippen molar-refractivity contribution < 1.29 is 14.4 Å². The highest BCUT2D eigenvalue weighted by molar-refractivity contribution is 6.07. The highest BCUT2D eigenvalue weighted by Crippen LogP contribution is 2.25. The summed E-state index contributed by atoms with van der Waals surface area (Å²) in [5.41, 5.74) is 4.64. The van der Waals surface area contributed by atoms with Gasteiger partial charge in [-0.25, -0.2) is 4.79 Å². The number of aromatic nitrogens is 2. The van der Waals surface area contributed by atoms with E-state index >= 15 is 0 Å². The van der Waals surface area contributed by atoms with Gasteiger partial charge in [-0.2, -0.15) is 5.10 Å². The number of nitrogens with one attached hydrogen (secondary N) is 2. The second kappa shape index (κ2) is 4.76. The topological polar surface area (TPSA) is 122 Å². The molecule has 3 heterocycles. The first-order chi connectivity index (χ1) is 9.98. The molecule has 2 aliphatic rings. The number of nitrogen functional groups attached to an aromatic ring is 1. The van der Waals surface area contributed by atoms with Crippen molar-refractivity contribution >= 4 is 23.7 Å². The second-order valence-corrected chi connectivity index (χ2v) is 5.31. The lowest BCUT2D eigenvalue weighted by Gasteiger charge is -2.36. The highest BCUT2D eigenvalue weighted by atomic mass is 16.2. The van der Waals surface area contributed by atoms with Gasteiger partial charge in [-0.05, 0) is 18.9 Å². The molecule has 0 radical (unpaired) electrons. The summed E-state index contributed by atoms with van der Waals surface area (Å²) in [5, 5.41) is 8.87. The third-order valence-electron chi connectivity index (χ3n) is 3.94. The van der Waals surface area contributed by atoms with E-state index in [1.807, 2.05) is 0 Å². The molecule has 9 nitrogen and oxygen atoms in total. The van der Waals surface area contributed by atoms with Crippen LogP contribution >= 0.6 is 0 Å². The summed E-state index contributed by atoms with van der Waals surface area (Å²) in [7, 11) is 0. The molecule has 2 fully saturated rings. The summed E-state index contributed by atoms with van der Waals surface area (Å²) in [5.74, 6) is -0.0251. The molecule has 1 spiro atoms. The van der Waals surface area contributed by atoms with Crippen LogP contribution in [0.1, 0.15) is 12.8 Å². The van der Waals surface area contributed by atoms with Crippen molar-refractivity contribution in [1.82, 2.24) is 25.3 Å². The van der Waals surface area contributed by atoms with Gasteiger partial charge in [0.15, 0.2) is 0 Å². The number of urea groups is 1. The van der Waals surface area contributed by atoms with E-state index in [0.29, 0.717) is 31.7 Å². The second-order valence-electron chi connectivity index (χ2n) is 5.31. The SMILES string of the molecule is Nc1ccn(CC(=O)N2CCC3(CC2)NC(=O)NC3=O)n1. The summed E-state index contributed by atoms with van der Waals surface area (Å²) in [6, 6.07) is 1.16. The summed E-state index contributed by atoms with van der Waals surface area (Å²) >= 11 is 0. The van der Waals surface area contributed by atoms with E-state index in [4.69, 9.17) is 5.73 Å². The lowest BCUT2D eigenvalue weighted by atomic mass is 9.88. The number of amides is 4. The van der Waals surface area contributed by atoms with Gasteiger partial charge in [0.2, 0.25) is 5.91 Å². The minimum Gasteiger partial charge on any atom is -0.382 e. The Morgan fingerprint density at radius 1 is 1.38 bits per heavy atom. The van der Waals surface area contributed by atoms with Crippen molar-refractivity contribution in [2.45, 2.75) is 24.9 Å². The Balaban J connectivity index is 1.59. The molecule has 112 valence electrons. The number of hydrogen-bond donors (Lipinski definition) is 3. The molecule has 0 atom stereocenters. The van der Waals surface area contributed by atoms with E-state index in [1.165, 1.54) is 4.68 Å². The molecular weight excluding hydrogens is 276 g/mol. The number of carbonyl (C=O) groups is 3. The molecule has 2 aliphatic heterocycles. The van der Waals surface area contributed by atoms with Crippen molar-refractivity contribution in [3.8, 4) is 0 Å². The molecule has 4 N–H and O–H groups in total. The van der Waals surface area contributed by atoms with E-state index in [2.05, 4.69) is 15.7 Å². The van der Waals surface area contributed by atoms with E-state index in [-0.39, 0.29) is 18.4 Å². The Hall–Kier alpha value is -2.58. The van der Waals surface area contributed by atoms with Gasteiger partial charge < -0.3 is 16.0 Å². The number of piperidine rings is 1. The standard InChI is InChI=1S/C12H16N6O3/c13-8-1-4-18(16-8)7-9(19)17-5-2-12(3-6-17)10(20)14-11(21)15-12/h1,4H,2-3,5-7H2,(H2,13,16)(H2,14,15,20,21). The number of likely N-dealkylation sites (tertiary alicyclic amines) is 1. The van der Waals surface area contributed by atoms with Crippen LogP contribution in [0.5, 0.6) is 0 Å². The molecule has 0 saturated carbocycles. The van der Waals surface area contributed by atoms with E-state index in [1.54, 1.807) is 17.2 Å². The lowest BCUT2D eigenvalue weighted by Crippen LogP contribution is -2.56. The molecule has 1 aromatic heterocycles. The van der Waals surface area contributed by atoms with Gasteiger partial charge in [-0.3, -0.25) is 19.6 Å². The molecule has 3 rings (SSSR count). The number of carbonyl (C=O) groups excluding carboxylic acids is 3. The Morgan fingerprint density at radius 3 is 2.62 bits per heavy atom. The van der Waals surface area contributed by atoms with Crippen molar-refractivity contribution in [1.29, 1.82) is 0 Å². The van der Waals surface area contributed by atoms with Gasteiger partial charge in [0.05, 0.1) is 0 Å². The van der Waals surface area contributed by atoms with E-state index in [9.17, 15) is 14.4 Å². The Kier molecular flexibility index (Phi) is 3.04. The van der Waals surface area contributed by atoms with Gasteiger partial charge in [0, 0.05) is 19.3 Å². The summed E-state index contributed by atoms with van der Waals surface area (Å²) in [4.78, 5) is 36.9.